The van der Waals surface area contributed by atoms with Gasteiger partial charge in [-0.3, -0.25) is 0 Å². The Labute approximate surface area is 205 Å². The second-order valence-electron chi connectivity index (χ2n) is 8.62. The Balaban J connectivity index is 0.000000534. The number of benzene rings is 1. The number of nitrogens with one attached hydrogen (secondary N) is 1. The number of carbonyl (C=O) groups excluding carboxylic acids is 1. The Morgan fingerprint density at radius 3 is 1.97 bits per heavy atom. The molecule has 1 N–H and O–H groups in total. The van der Waals surface area contributed by atoms with Gasteiger partial charge in [0.25, 0.3) is 0 Å². The summed E-state index contributed by atoms with van der Waals surface area (Å²) in [4.78, 5) is 11.8. The van der Waals surface area contributed by atoms with E-state index < -0.39 is 13.2 Å². The van der Waals surface area contributed by atoms with Gasteiger partial charge in [-0.1, -0.05) is 23.8 Å². The summed E-state index contributed by atoms with van der Waals surface area (Å²) < 4.78 is 17.5. The van der Waals surface area contributed by atoms with Crippen molar-refractivity contribution in [1.82, 2.24) is 5.32 Å². The Kier molecular flexibility index (Phi) is 10.1. The third kappa shape index (κ3) is 7.25. The second kappa shape index (κ2) is 11.9. The van der Waals surface area contributed by atoms with Crippen LogP contribution in [0.2, 0.25) is 0 Å². The quantitative estimate of drug-likeness (QED) is 0.672. The molecule has 4 rings (SSSR count). The summed E-state index contributed by atoms with van der Waals surface area (Å²) in [6.07, 6.45) is 16.9. The van der Waals surface area contributed by atoms with E-state index in [1.807, 2.05) is 111 Å². The minimum atomic E-state index is -0.469. The number of hydrogen-bond donors (Lipinski definition) is 1. The van der Waals surface area contributed by atoms with Crippen LogP contribution in [0.25, 0.3) is 0 Å². The van der Waals surface area contributed by atoms with Gasteiger partial charge < -0.3 is 19.4 Å². The van der Waals surface area contributed by atoms with Crippen LogP contribution in [0.5, 0.6) is 0 Å². The van der Waals surface area contributed by atoms with E-state index in [9.17, 15) is 4.79 Å². The first-order valence-electron chi connectivity index (χ1n) is 10.5. The van der Waals surface area contributed by atoms with Crippen molar-refractivity contribution >= 4 is 18.7 Å². The Morgan fingerprint density at radius 1 is 0.938 bits per heavy atom. The molecule has 2 saturated carbocycles. The standard InChI is InChI=1S/C20H25BNO4.C5H5.Fe/c1-14-12-15(13-24-18(23)22-16-8-6-7-9-16)10-11-17(14)21-25-19(2,3)20(4,5)26-21;1-2-4-5-3-1;/h6-12H,13H2,1-5H3,(H,22,23);1-5H;/q;;+2. The molecule has 1 aromatic carbocycles. The minimum Gasteiger partial charge on any atom is -0.445 e. The van der Waals surface area contributed by atoms with E-state index in [1.165, 1.54) is 0 Å². The Hall–Kier alpha value is -1.01. The van der Waals surface area contributed by atoms with Gasteiger partial charge in [0.1, 0.15) is 6.61 Å². The maximum Gasteiger partial charge on any atom is 2.00 e. The van der Waals surface area contributed by atoms with E-state index in [4.69, 9.17) is 14.0 Å². The third-order valence-corrected chi connectivity index (χ3v) is 5.68. The topological polar surface area (TPSA) is 56.8 Å². The number of amides is 1. The molecule has 0 bridgehead atoms. The van der Waals surface area contributed by atoms with E-state index in [-0.39, 0.29) is 34.9 Å². The van der Waals surface area contributed by atoms with Gasteiger partial charge in [0, 0.05) is 0 Å². The molecule has 1 aliphatic heterocycles. The van der Waals surface area contributed by atoms with Gasteiger partial charge in [0.05, 0.1) is 17.2 Å². The van der Waals surface area contributed by atoms with Crippen molar-refractivity contribution in [2.75, 3.05) is 0 Å². The van der Waals surface area contributed by atoms with E-state index in [0.717, 1.165) is 22.6 Å². The molecule has 32 heavy (non-hydrogen) atoms. The number of ether oxygens (including phenoxy) is 1. The molecule has 0 unspecified atom stereocenters. The monoisotopic (exact) mass is 475 g/mol. The van der Waals surface area contributed by atoms with Crippen molar-refractivity contribution in [3.05, 3.63) is 93.2 Å². The molecular weight excluding hydrogens is 445 g/mol. The average molecular weight is 475 g/mol. The molecule has 7 heteroatoms. The van der Waals surface area contributed by atoms with Crippen LogP contribution in [0.4, 0.5) is 4.79 Å². The molecule has 1 aromatic rings. The van der Waals surface area contributed by atoms with Gasteiger partial charge in [-0.25, -0.2) is 4.79 Å². The molecule has 5 nitrogen and oxygen atoms in total. The summed E-state index contributed by atoms with van der Waals surface area (Å²) in [5.74, 6) is 0. The van der Waals surface area contributed by atoms with Crippen molar-refractivity contribution in [2.45, 2.75) is 52.4 Å². The second-order valence-corrected chi connectivity index (χ2v) is 8.62. The largest absolute Gasteiger partial charge is 2.00 e. The van der Waals surface area contributed by atoms with Crippen LogP contribution in [0.15, 0.2) is 18.2 Å². The van der Waals surface area contributed by atoms with Gasteiger partial charge in [-0.05, 0) is 103 Å². The third-order valence-electron chi connectivity index (χ3n) is 5.68. The molecule has 1 amide bonds. The number of carbonyl (C=O) groups is 1. The van der Waals surface area contributed by atoms with Crippen LogP contribution in [0.3, 0.4) is 0 Å². The van der Waals surface area contributed by atoms with E-state index >= 15 is 0 Å². The van der Waals surface area contributed by atoms with Crippen LogP contribution in [0, 0.1) is 70.8 Å². The van der Waals surface area contributed by atoms with Crippen LogP contribution in [0.1, 0.15) is 38.8 Å². The first kappa shape index (κ1) is 27.2. The predicted octanol–water partition coefficient (Wildman–Crippen LogP) is 3.90. The summed E-state index contributed by atoms with van der Waals surface area (Å²) in [5.41, 5.74) is 2.21. The summed E-state index contributed by atoms with van der Waals surface area (Å²) in [5, 5.41) is 2.68. The molecule has 3 fully saturated rings. The maximum absolute atomic E-state index is 11.8. The fourth-order valence-electron chi connectivity index (χ4n) is 3.14. The summed E-state index contributed by atoms with van der Waals surface area (Å²) in [7, 11) is -0.393. The van der Waals surface area contributed by atoms with Crippen molar-refractivity contribution in [3.63, 3.8) is 0 Å². The van der Waals surface area contributed by atoms with Gasteiger partial charge in [-0.2, -0.15) is 0 Å². The number of alkyl carbamates (subject to hydrolysis) is 1. The molecule has 0 spiro atoms. The number of rotatable bonds is 4. The summed E-state index contributed by atoms with van der Waals surface area (Å²) in [6, 6.07) is 6.63. The van der Waals surface area contributed by atoms with E-state index in [0.29, 0.717) is 0 Å². The smallest absolute Gasteiger partial charge is 0.445 e. The zero-order valence-corrected chi connectivity index (χ0v) is 20.3. The predicted molar refractivity (Wildman–Crippen MR) is 122 cm³/mol. The first-order chi connectivity index (χ1) is 14.7. The molecule has 0 aromatic heterocycles. The van der Waals surface area contributed by atoms with Crippen molar-refractivity contribution < 1.29 is 35.9 Å². The first-order valence-corrected chi connectivity index (χ1v) is 10.5. The normalized spacial score (nSPS) is 21.5. The van der Waals surface area contributed by atoms with Gasteiger partial charge in [-0.15, -0.1) is 0 Å². The average Bonchev–Trinajstić information content (AvgIpc) is 3.44. The fraction of sp³-hybridized carbons (Fsp3) is 0.320. The molecule has 168 valence electrons. The Bertz CT molecular complexity index is 722. The maximum atomic E-state index is 11.8. The van der Waals surface area contributed by atoms with Gasteiger partial charge in [0.2, 0.25) is 0 Å². The molecule has 1 saturated heterocycles. The number of hydrogen-bond acceptors (Lipinski definition) is 4. The molecule has 3 aliphatic rings. The van der Waals surface area contributed by atoms with Gasteiger partial charge in [0.15, 0.2) is 0 Å². The molecule has 10 radical (unpaired) electrons. The molecule has 2 aliphatic carbocycles. The van der Waals surface area contributed by atoms with Crippen LogP contribution in [-0.2, 0) is 37.7 Å². The molecule has 1 heterocycles. The fourth-order valence-corrected chi connectivity index (χ4v) is 3.14. The SMILES string of the molecule is Cc1cc(COC(=O)N[C]2[CH][CH][CH][CH]2)ccc1B1OC(C)(C)C(C)(C)O1.[CH]1[CH][CH][CH][CH]1.[Fe+2]. The minimum absolute atomic E-state index is 0. The van der Waals surface area contributed by atoms with Crippen LogP contribution >= 0.6 is 0 Å². The van der Waals surface area contributed by atoms with Crippen LogP contribution in [-0.4, -0.2) is 24.4 Å². The summed E-state index contributed by atoms with van der Waals surface area (Å²) >= 11 is 0. The zero-order valence-electron chi connectivity index (χ0n) is 19.2. The van der Waals surface area contributed by atoms with Crippen LogP contribution < -0.4 is 10.8 Å². The van der Waals surface area contributed by atoms with E-state index in [1.54, 1.807) is 0 Å². The Morgan fingerprint density at radius 2 is 1.47 bits per heavy atom. The van der Waals surface area contributed by atoms with E-state index in [2.05, 4.69) is 5.32 Å². The molecule has 0 atom stereocenters. The van der Waals surface area contributed by atoms with Crippen molar-refractivity contribution in [2.24, 2.45) is 0 Å². The van der Waals surface area contributed by atoms with Gasteiger partial charge >= 0.3 is 30.3 Å². The van der Waals surface area contributed by atoms with Crippen molar-refractivity contribution in [1.29, 1.82) is 0 Å². The summed E-state index contributed by atoms with van der Waals surface area (Å²) in [6.45, 7) is 10.4. The van der Waals surface area contributed by atoms with Crippen molar-refractivity contribution in [3.8, 4) is 0 Å². The molecular formula is C25H30BFeNO4+2. The number of aryl methyl sites for hydroxylation is 1. The zero-order chi connectivity index (χ0) is 22.5.